The number of rotatable bonds is 0. The molecule has 1 aromatic carbocycles. The third-order valence-corrected chi connectivity index (χ3v) is 3.57. The van der Waals surface area contributed by atoms with Crippen molar-refractivity contribution in [2.75, 3.05) is 6.54 Å². The molecule has 3 aliphatic rings. The molecular formula is C17H12N2. The second kappa shape index (κ2) is 4.02. The van der Waals surface area contributed by atoms with E-state index in [1.54, 1.807) is 0 Å². The van der Waals surface area contributed by atoms with Gasteiger partial charge in [-0.05, 0) is 29.4 Å². The first-order chi connectivity index (χ1) is 9.42. The third kappa shape index (κ3) is 1.65. The van der Waals surface area contributed by atoms with Gasteiger partial charge in [0.05, 0.1) is 17.9 Å². The van der Waals surface area contributed by atoms with E-state index in [2.05, 4.69) is 52.5 Å². The molecule has 2 heterocycles. The maximum absolute atomic E-state index is 4.68. The Morgan fingerprint density at radius 1 is 0.947 bits per heavy atom. The van der Waals surface area contributed by atoms with E-state index in [0.29, 0.717) is 0 Å². The fourth-order valence-corrected chi connectivity index (χ4v) is 2.58. The molecule has 0 atom stereocenters. The average molecular weight is 244 g/mol. The molecule has 0 aromatic heterocycles. The van der Waals surface area contributed by atoms with Crippen LogP contribution >= 0.6 is 0 Å². The van der Waals surface area contributed by atoms with Gasteiger partial charge in [-0.25, -0.2) is 4.99 Å². The molecule has 0 amide bonds. The van der Waals surface area contributed by atoms with Crippen LogP contribution in [0.3, 0.4) is 0 Å². The molecule has 0 saturated heterocycles. The van der Waals surface area contributed by atoms with E-state index in [9.17, 15) is 0 Å². The lowest BCUT2D eigenvalue weighted by molar-refractivity contribution is 1.15. The van der Waals surface area contributed by atoms with Crippen molar-refractivity contribution in [3.05, 3.63) is 71.4 Å². The Morgan fingerprint density at radius 2 is 1.89 bits per heavy atom. The molecule has 1 aliphatic carbocycles. The molecule has 0 unspecified atom stereocenters. The Labute approximate surface area is 111 Å². The summed E-state index contributed by atoms with van der Waals surface area (Å²) in [6.07, 6.45) is 12.5. The van der Waals surface area contributed by atoms with E-state index in [-0.39, 0.29) is 0 Å². The number of allylic oxidation sites excluding steroid dienone is 6. The summed E-state index contributed by atoms with van der Waals surface area (Å²) >= 11 is 0. The molecule has 90 valence electrons. The van der Waals surface area contributed by atoms with E-state index in [1.165, 1.54) is 22.3 Å². The number of aliphatic imine (C=N–C) groups is 2. The Morgan fingerprint density at radius 3 is 2.89 bits per heavy atom. The van der Waals surface area contributed by atoms with Crippen LogP contribution in [0, 0.1) is 0 Å². The van der Waals surface area contributed by atoms with Crippen LogP contribution in [0.15, 0.2) is 75.8 Å². The first-order valence-electron chi connectivity index (χ1n) is 6.40. The first-order valence-corrected chi connectivity index (χ1v) is 6.40. The van der Waals surface area contributed by atoms with Crippen molar-refractivity contribution in [3.8, 4) is 0 Å². The summed E-state index contributed by atoms with van der Waals surface area (Å²) in [5.74, 6) is 0. The maximum atomic E-state index is 4.68. The van der Waals surface area contributed by atoms with Crippen LogP contribution in [0.2, 0.25) is 0 Å². The first kappa shape index (κ1) is 10.4. The van der Waals surface area contributed by atoms with Crippen LogP contribution in [-0.4, -0.2) is 18.5 Å². The fraction of sp³-hybridized carbons (Fsp3) is 0.0588. The van der Waals surface area contributed by atoms with Crippen LogP contribution in [0.5, 0.6) is 0 Å². The van der Waals surface area contributed by atoms with Gasteiger partial charge in [-0.3, -0.25) is 4.99 Å². The molecule has 0 fully saturated rings. The third-order valence-electron chi connectivity index (χ3n) is 3.57. The number of benzene rings is 1. The van der Waals surface area contributed by atoms with Crippen molar-refractivity contribution in [2.45, 2.75) is 0 Å². The number of dihydropyridines is 1. The van der Waals surface area contributed by atoms with Gasteiger partial charge >= 0.3 is 0 Å². The Hall–Kier alpha value is -2.48. The second-order valence-corrected chi connectivity index (χ2v) is 4.73. The van der Waals surface area contributed by atoms with Crippen LogP contribution in [-0.2, 0) is 0 Å². The molecule has 4 rings (SSSR count). The van der Waals surface area contributed by atoms with E-state index in [1.807, 2.05) is 18.4 Å². The van der Waals surface area contributed by atoms with Crippen LogP contribution in [0.4, 0.5) is 5.69 Å². The minimum absolute atomic E-state index is 0.758. The molecule has 2 aliphatic heterocycles. The van der Waals surface area contributed by atoms with Crippen LogP contribution < -0.4 is 0 Å². The van der Waals surface area contributed by atoms with Crippen molar-refractivity contribution in [2.24, 2.45) is 9.98 Å². The van der Waals surface area contributed by atoms with E-state index in [0.717, 1.165) is 17.9 Å². The van der Waals surface area contributed by atoms with Gasteiger partial charge in [0.2, 0.25) is 0 Å². The van der Waals surface area contributed by atoms with Crippen molar-refractivity contribution in [3.63, 3.8) is 0 Å². The summed E-state index contributed by atoms with van der Waals surface area (Å²) < 4.78 is 0. The smallest absolute Gasteiger partial charge is 0.0716 e. The summed E-state index contributed by atoms with van der Waals surface area (Å²) in [6.45, 7) is 0.758. The maximum Gasteiger partial charge on any atom is 0.0716 e. The Kier molecular flexibility index (Phi) is 2.21. The second-order valence-electron chi connectivity index (χ2n) is 4.73. The molecule has 0 bridgehead atoms. The number of hydrogen-bond acceptors (Lipinski definition) is 2. The zero-order chi connectivity index (χ0) is 12.7. The summed E-state index contributed by atoms with van der Waals surface area (Å²) in [5.41, 5.74) is 7.00. The van der Waals surface area contributed by atoms with Crippen molar-refractivity contribution in [1.29, 1.82) is 0 Å². The number of hydrogen-bond donors (Lipinski definition) is 0. The largest absolute Gasteiger partial charge is 0.288 e. The minimum Gasteiger partial charge on any atom is -0.288 e. The van der Waals surface area contributed by atoms with Crippen LogP contribution in [0.25, 0.3) is 5.57 Å². The highest BCUT2D eigenvalue weighted by Gasteiger charge is 2.19. The van der Waals surface area contributed by atoms with Gasteiger partial charge in [0, 0.05) is 17.4 Å². The number of nitrogens with zero attached hydrogens (tertiary/aromatic N) is 2. The highest BCUT2D eigenvalue weighted by molar-refractivity contribution is 6.34. The molecule has 0 saturated carbocycles. The molecule has 0 radical (unpaired) electrons. The van der Waals surface area contributed by atoms with Gasteiger partial charge in [-0.15, -0.1) is 0 Å². The minimum atomic E-state index is 0.758. The van der Waals surface area contributed by atoms with Crippen molar-refractivity contribution >= 4 is 23.2 Å². The normalized spacial score (nSPS) is 19.2. The SMILES string of the molecule is C1=CC2=Nc3ccccc3C2=CC=C2CN=CC=C12. The van der Waals surface area contributed by atoms with Gasteiger partial charge in [-0.1, -0.05) is 36.4 Å². The average Bonchev–Trinajstić information content (AvgIpc) is 2.78. The monoisotopic (exact) mass is 244 g/mol. The van der Waals surface area contributed by atoms with Gasteiger partial charge < -0.3 is 0 Å². The van der Waals surface area contributed by atoms with Gasteiger partial charge in [-0.2, -0.15) is 0 Å². The van der Waals surface area contributed by atoms with E-state index >= 15 is 0 Å². The topological polar surface area (TPSA) is 24.7 Å². The molecular weight excluding hydrogens is 232 g/mol. The van der Waals surface area contributed by atoms with Crippen molar-refractivity contribution < 1.29 is 0 Å². The standard InChI is InChI=1S/C17H12N2/c1-2-4-16-14(3-1)15-7-5-13-11-18-10-9-12(13)6-8-17(15)19-16/h1-10H,11H2. The van der Waals surface area contributed by atoms with Gasteiger partial charge in [0.1, 0.15) is 0 Å². The molecule has 1 aromatic rings. The number of fused-ring (bicyclic) bond motifs is 4. The quantitative estimate of drug-likeness (QED) is 0.665. The predicted octanol–water partition coefficient (Wildman–Crippen LogP) is 3.66. The van der Waals surface area contributed by atoms with Gasteiger partial charge in [0.15, 0.2) is 0 Å². The predicted molar refractivity (Wildman–Crippen MR) is 80.2 cm³/mol. The lowest BCUT2D eigenvalue weighted by Gasteiger charge is -2.11. The van der Waals surface area contributed by atoms with Gasteiger partial charge in [0.25, 0.3) is 0 Å². The Bertz CT molecular complexity index is 740. The molecule has 19 heavy (non-hydrogen) atoms. The van der Waals surface area contributed by atoms with Crippen LogP contribution in [0.1, 0.15) is 5.56 Å². The molecule has 2 heteroatoms. The number of para-hydroxylation sites is 1. The van der Waals surface area contributed by atoms with Crippen molar-refractivity contribution in [1.82, 2.24) is 0 Å². The summed E-state index contributed by atoms with van der Waals surface area (Å²) in [7, 11) is 0. The lowest BCUT2D eigenvalue weighted by atomic mass is 9.95. The zero-order valence-electron chi connectivity index (χ0n) is 10.4. The molecule has 2 nitrogen and oxygen atoms in total. The highest BCUT2D eigenvalue weighted by Crippen LogP contribution is 2.36. The Balaban J connectivity index is 1.90. The fourth-order valence-electron chi connectivity index (χ4n) is 2.58. The molecule has 0 N–H and O–H groups in total. The lowest BCUT2D eigenvalue weighted by Crippen LogP contribution is -2.02. The van der Waals surface area contributed by atoms with E-state index in [4.69, 9.17) is 0 Å². The summed E-state index contributed by atoms with van der Waals surface area (Å²) in [5, 5.41) is 0. The zero-order valence-corrected chi connectivity index (χ0v) is 10.4. The van der Waals surface area contributed by atoms with E-state index < -0.39 is 0 Å². The molecule has 0 spiro atoms. The highest BCUT2D eigenvalue weighted by atomic mass is 14.8. The summed E-state index contributed by atoms with van der Waals surface area (Å²) in [4.78, 5) is 8.98. The summed E-state index contributed by atoms with van der Waals surface area (Å²) in [6, 6.07) is 8.27.